The van der Waals surface area contributed by atoms with Crippen LogP contribution in [0.2, 0.25) is 0 Å². The molecule has 0 saturated carbocycles. The molecule has 1 aliphatic heterocycles. The largest absolute Gasteiger partial charge is 0.378 e. The van der Waals surface area contributed by atoms with E-state index in [9.17, 15) is 4.79 Å². The zero-order valence-electron chi connectivity index (χ0n) is 16.4. The molecule has 3 heterocycles. The lowest BCUT2D eigenvalue weighted by Gasteiger charge is -2.28. The van der Waals surface area contributed by atoms with Gasteiger partial charge in [-0.05, 0) is 44.2 Å². The number of carbonyl (C=O) groups is 1. The topological polar surface area (TPSA) is 42.4 Å². The molecule has 0 bridgehead atoms. The first-order valence-corrected chi connectivity index (χ1v) is 10.8. The monoisotopic (exact) mass is 392 g/mol. The van der Waals surface area contributed by atoms with E-state index in [0.29, 0.717) is 26.3 Å². The van der Waals surface area contributed by atoms with Crippen molar-refractivity contribution in [1.29, 1.82) is 0 Å². The van der Waals surface area contributed by atoms with E-state index in [0.717, 1.165) is 40.1 Å². The molecular formula is C23H24N2O2S. The van der Waals surface area contributed by atoms with Crippen LogP contribution in [0, 0.1) is 13.8 Å². The lowest BCUT2D eigenvalue weighted by molar-refractivity contribution is 0.0302. The van der Waals surface area contributed by atoms with Gasteiger partial charge in [-0.2, -0.15) is 0 Å². The fraction of sp³-hybridized carbons (Fsp3) is 0.391. The van der Waals surface area contributed by atoms with Crippen molar-refractivity contribution in [3.63, 3.8) is 0 Å². The van der Waals surface area contributed by atoms with Crippen LogP contribution in [0.1, 0.15) is 38.5 Å². The summed E-state index contributed by atoms with van der Waals surface area (Å²) in [6.07, 6.45) is 3.42. The van der Waals surface area contributed by atoms with Crippen LogP contribution in [0.15, 0.2) is 24.3 Å². The number of aryl methyl sites for hydroxylation is 4. The SMILES string of the molecule is Cc1ccc(-c2c(C(=O)N3CCOCC3)c(C)nc3sc4c(c23)CCC4)cc1. The summed E-state index contributed by atoms with van der Waals surface area (Å²) in [7, 11) is 0. The van der Waals surface area contributed by atoms with Crippen LogP contribution in [-0.2, 0) is 17.6 Å². The van der Waals surface area contributed by atoms with Crippen LogP contribution >= 0.6 is 11.3 Å². The average Bonchev–Trinajstić information content (AvgIpc) is 3.29. The second-order valence-corrected chi connectivity index (χ2v) is 8.84. The second kappa shape index (κ2) is 6.98. The molecule has 0 atom stereocenters. The Hall–Kier alpha value is -2.24. The Bertz CT molecular complexity index is 1060. The van der Waals surface area contributed by atoms with Gasteiger partial charge < -0.3 is 9.64 Å². The van der Waals surface area contributed by atoms with Gasteiger partial charge in [0.05, 0.1) is 24.5 Å². The highest BCUT2D eigenvalue weighted by atomic mass is 32.1. The first-order valence-electron chi connectivity index (χ1n) is 10.0. The van der Waals surface area contributed by atoms with Crippen molar-refractivity contribution >= 4 is 27.5 Å². The van der Waals surface area contributed by atoms with Gasteiger partial charge in [-0.25, -0.2) is 4.98 Å². The molecule has 5 rings (SSSR count). The Morgan fingerprint density at radius 1 is 1.11 bits per heavy atom. The molecule has 1 saturated heterocycles. The van der Waals surface area contributed by atoms with Crippen LogP contribution in [0.4, 0.5) is 0 Å². The molecule has 0 spiro atoms. The van der Waals surface area contributed by atoms with E-state index in [-0.39, 0.29) is 5.91 Å². The zero-order valence-corrected chi connectivity index (χ0v) is 17.2. The summed E-state index contributed by atoms with van der Waals surface area (Å²) in [5.74, 6) is 0.0868. The zero-order chi connectivity index (χ0) is 19.3. The van der Waals surface area contributed by atoms with Crippen LogP contribution in [0.3, 0.4) is 0 Å². The van der Waals surface area contributed by atoms with E-state index in [4.69, 9.17) is 9.72 Å². The predicted molar refractivity (Wildman–Crippen MR) is 113 cm³/mol. The smallest absolute Gasteiger partial charge is 0.256 e. The van der Waals surface area contributed by atoms with E-state index in [1.165, 1.54) is 27.8 Å². The van der Waals surface area contributed by atoms with Crippen molar-refractivity contribution in [2.75, 3.05) is 26.3 Å². The van der Waals surface area contributed by atoms with E-state index >= 15 is 0 Å². The third kappa shape index (κ3) is 2.85. The molecule has 28 heavy (non-hydrogen) atoms. The Kier molecular flexibility index (Phi) is 4.44. The summed E-state index contributed by atoms with van der Waals surface area (Å²) in [6.45, 7) is 6.58. The first-order chi connectivity index (χ1) is 13.6. The van der Waals surface area contributed by atoms with Gasteiger partial charge in [0.25, 0.3) is 5.91 Å². The molecular weight excluding hydrogens is 368 g/mol. The number of aromatic nitrogens is 1. The van der Waals surface area contributed by atoms with Crippen molar-refractivity contribution in [1.82, 2.24) is 9.88 Å². The molecule has 2 aliphatic rings. The Morgan fingerprint density at radius 2 is 1.86 bits per heavy atom. The molecule has 0 N–H and O–H groups in total. The third-order valence-electron chi connectivity index (χ3n) is 5.89. The number of hydrogen-bond acceptors (Lipinski definition) is 4. The van der Waals surface area contributed by atoms with E-state index in [2.05, 4.69) is 31.2 Å². The maximum absolute atomic E-state index is 13.6. The third-order valence-corrected chi connectivity index (χ3v) is 7.07. The normalized spacial score (nSPS) is 16.6. The van der Waals surface area contributed by atoms with Crippen LogP contribution in [0.5, 0.6) is 0 Å². The molecule has 3 aromatic rings. The van der Waals surface area contributed by atoms with Crippen molar-refractivity contribution < 1.29 is 9.53 Å². The number of carbonyl (C=O) groups excluding carboxylic acids is 1. The van der Waals surface area contributed by atoms with Crippen molar-refractivity contribution in [2.24, 2.45) is 0 Å². The number of benzene rings is 1. The number of morpholine rings is 1. The van der Waals surface area contributed by atoms with Gasteiger partial charge in [-0.3, -0.25) is 4.79 Å². The summed E-state index contributed by atoms with van der Waals surface area (Å²) in [5, 5.41) is 1.21. The minimum atomic E-state index is 0.0868. The van der Waals surface area contributed by atoms with Gasteiger partial charge in [-0.15, -0.1) is 11.3 Å². The number of pyridine rings is 1. The highest BCUT2D eigenvalue weighted by Crippen LogP contribution is 2.44. The molecule has 1 amide bonds. The number of thiophene rings is 1. The fourth-order valence-corrected chi connectivity index (χ4v) is 5.75. The average molecular weight is 393 g/mol. The minimum absolute atomic E-state index is 0.0868. The summed E-state index contributed by atoms with van der Waals surface area (Å²) >= 11 is 1.81. The van der Waals surface area contributed by atoms with Crippen molar-refractivity contribution in [2.45, 2.75) is 33.1 Å². The maximum Gasteiger partial charge on any atom is 0.256 e. The quantitative estimate of drug-likeness (QED) is 0.643. The van der Waals surface area contributed by atoms with Crippen LogP contribution < -0.4 is 0 Å². The summed E-state index contributed by atoms with van der Waals surface area (Å²) < 4.78 is 5.45. The van der Waals surface area contributed by atoms with Gasteiger partial charge in [0.15, 0.2) is 0 Å². The summed E-state index contributed by atoms with van der Waals surface area (Å²) in [6, 6.07) is 8.57. The Labute approximate surface area is 169 Å². The Morgan fingerprint density at radius 3 is 2.61 bits per heavy atom. The van der Waals surface area contributed by atoms with Gasteiger partial charge in [0, 0.05) is 28.9 Å². The predicted octanol–water partition coefficient (Wildman–Crippen LogP) is 4.54. The number of amides is 1. The van der Waals surface area contributed by atoms with Crippen LogP contribution in [0.25, 0.3) is 21.3 Å². The standard InChI is InChI=1S/C23H24N2O2S/c1-14-6-8-16(9-7-14)20-19(23(26)25-10-12-27-13-11-25)15(2)24-22-21(20)17-4-3-5-18(17)28-22/h6-9H,3-5,10-13H2,1-2H3. The lowest BCUT2D eigenvalue weighted by Crippen LogP contribution is -2.41. The van der Waals surface area contributed by atoms with E-state index in [1.54, 1.807) is 0 Å². The summed E-state index contributed by atoms with van der Waals surface area (Å²) in [4.78, 5) is 22.9. The first kappa shape index (κ1) is 17.8. The van der Waals surface area contributed by atoms with Crippen LogP contribution in [-0.4, -0.2) is 42.1 Å². The number of nitrogens with zero attached hydrogens (tertiary/aromatic N) is 2. The second-order valence-electron chi connectivity index (χ2n) is 7.76. The molecule has 2 aromatic heterocycles. The van der Waals surface area contributed by atoms with E-state index < -0.39 is 0 Å². The molecule has 5 heteroatoms. The molecule has 1 aromatic carbocycles. The van der Waals surface area contributed by atoms with Gasteiger partial charge in [0.1, 0.15) is 4.83 Å². The maximum atomic E-state index is 13.6. The minimum Gasteiger partial charge on any atom is -0.378 e. The fourth-order valence-electron chi connectivity index (χ4n) is 4.44. The number of rotatable bonds is 2. The number of hydrogen-bond donors (Lipinski definition) is 0. The molecule has 1 fully saturated rings. The highest BCUT2D eigenvalue weighted by Gasteiger charge is 2.29. The number of ether oxygens (including phenoxy) is 1. The molecule has 0 unspecified atom stereocenters. The van der Waals surface area contributed by atoms with Gasteiger partial charge >= 0.3 is 0 Å². The number of fused-ring (bicyclic) bond motifs is 3. The van der Waals surface area contributed by atoms with Crippen molar-refractivity contribution in [3.05, 3.63) is 51.5 Å². The molecule has 144 valence electrons. The lowest BCUT2D eigenvalue weighted by atomic mass is 9.92. The van der Waals surface area contributed by atoms with E-state index in [1.807, 2.05) is 23.2 Å². The molecule has 4 nitrogen and oxygen atoms in total. The highest BCUT2D eigenvalue weighted by molar-refractivity contribution is 7.19. The Balaban J connectivity index is 1.78. The van der Waals surface area contributed by atoms with Gasteiger partial charge in [-0.1, -0.05) is 29.8 Å². The molecule has 0 radical (unpaired) electrons. The summed E-state index contributed by atoms with van der Waals surface area (Å²) in [5.41, 5.74) is 6.44. The van der Waals surface area contributed by atoms with Gasteiger partial charge in [0.2, 0.25) is 0 Å². The molecule has 1 aliphatic carbocycles. The van der Waals surface area contributed by atoms with Crippen molar-refractivity contribution in [3.8, 4) is 11.1 Å².